The Labute approximate surface area is 231 Å². The molecule has 186 valence electrons. The Morgan fingerprint density at radius 3 is 1.68 bits per heavy atom. The lowest BCUT2D eigenvalue weighted by Crippen LogP contribution is -2.00. The second kappa shape index (κ2) is 8.05. The van der Waals surface area contributed by atoms with Crippen molar-refractivity contribution in [2.24, 2.45) is 0 Å². The second-order valence-electron chi connectivity index (χ2n) is 10.4. The van der Waals surface area contributed by atoms with Gasteiger partial charge in [0.05, 0.1) is 22.2 Å². The summed E-state index contributed by atoms with van der Waals surface area (Å²) in [4.78, 5) is 4.84. The predicted molar refractivity (Wildman–Crippen MR) is 165 cm³/mol. The van der Waals surface area contributed by atoms with Gasteiger partial charge in [0, 0.05) is 33.6 Å². The summed E-state index contributed by atoms with van der Waals surface area (Å²) in [6, 6.07) is 47.9. The van der Waals surface area contributed by atoms with E-state index in [1.807, 2.05) is 12.3 Å². The van der Waals surface area contributed by atoms with Gasteiger partial charge in [-0.3, -0.25) is 4.57 Å². The molecule has 1 aliphatic carbocycles. The maximum Gasteiger partial charge on any atom is 0.137 e. The highest BCUT2D eigenvalue weighted by atomic mass is 15.1. The Balaban J connectivity index is 1.55. The highest BCUT2D eigenvalue weighted by Crippen LogP contribution is 2.53. The van der Waals surface area contributed by atoms with Crippen LogP contribution in [-0.4, -0.2) is 14.1 Å². The molecule has 5 aromatic carbocycles. The summed E-state index contributed by atoms with van der Waals surface area (Å²) < 4.78 is 4.77. The van der Waals surface area contributed by atoms with Crippen LogP contribution >= 0.6 is 0 Å². The highest BCUT2D eigenvalue weighted by molar-refractivity contribution is 6.29. The summed E-state index contributed by atoms with van der Waals surface area (Å²) in [5, 5.41) is 3.88. The van der Waals surface area contributed by atoms with Crippen LogP contribution in [0.25, 0.3) is 77.7 Å². The summed E-state index contributed by atoms with van der Waals surface area (Å²) >= 11 is 0. The van der Waals surface area contributed by atoms with Crippen molar-refractivity contribution in [1.82, 2.24) is 14.1 Å². The predicted octanol–water partition coefficient (Wildman–Crippen LogP) is 9.44. The van der Waals surface area contributed by atoms with E-state index >= 15 is 0 Å². The van der Waals surface area contributed by atoms with E-state index in [4.69, 9.17) is 4.98 Å². The third-order valence-corrected chi connectivity index (χ3v) is 8.31. The normalized spacial score (nSPS) is 12.0. The van der Waals surface area contributed by atoms with E-state index in [2.05, 4.69) is 137 Å². The molecule has 0 spiro atoms. The fourth-order valence-corrected chi connectivity index (χ4v) is 6.82. The Kier molecular flexibility index (Phi) is 4.33. The number of benzene rings is 5. The first-order chi connectivity index (χ1) is 19.9. The number of pyridine rings is 1. The minimum absolute atomic E-state index is 0.919. The van der Waals surface area contributed by atoms with E-state index in [0.717, 1.165) is 5.82 Å². The van der Waals surface area contributed by atoms with Crippen LogP contribution in [-0.2, 0) is 0 Å². The van der Waals surface area contributed by atoms with Crippen LogP contribution in [0.2, 0.25) is 0 Å². The van der Waals surface area contributed by atoms with Gasteiger partial charge in [-0.05, 0) is 64.7 Å². The average Bonchev–Trinajstić information content (AvgIpc) is 3.52. The number of para-hydroxylation sites is 1. The zero-order chi connectivity index (χ0) is 26.2. The van der Waals surface area contributed by atoms with Crippen molar-refractivity contribution in [2.45, 2.75) is 0 Å². The maximum atomic E-state index is 4.84. The molecule has 40 heavy (non-hydrogen) atoms. The highest BCUT2D eigenvalue weighted by Gasteiger charge is 2.30. The Morgan fingerprint density at radius 1 is 0.425 bits per heavy atom. The molecule has 3 aromatic heterocycles. The number of nitrogens with zero attached hydrogens (tertiary/aromatic N) is 3. The number of rotatable bonds is 3. The molecule has 0 saturated heterocycles. The van der Waals surface area contributed by atoms with Gasteiger partial charge in [-0.1, -0.05) is 91.0 Å². The third kappa shape index (κ3) is 2.76. The first-order valence-electron chi connectivity index (χ1n) is 13.7. The van der Waals surface area contributed by atoms with Crippen molar-refractivity contribution in [3.8, 4) is 45.0 Å². The molecule has 0 N–H and O–H groups in total. The number of hydrogen-bond acceptors (Lipinski definition) is 1. The zero-order valence-electron chi connectivity index (χ0n) is 21.6. The number of aromatic nitrogens is 3. The van der Waals surface area contributed by atoms with Crippen LogP contribution in [0, 0.1) is 0 Å². The van der Waals surface area contributed by atoms with Crippen LogP contribution in [0.15, 0.2) is 140 Å². The van der Waals surface area contributed by atoms with Gasteiger partial charge in [0.2, 0.25) is 0 Å². The molecule has 3 heteroatoms. The van der Waals surface area contributed by atoms with Crippen LogP contribution < -0.4 is 0 Å². The molecule has 0 saturated carbocycles. The van der Waals surface area contributed by atoms with Crippen LogP contribution in [0.3, 0.4) is 0 Å². The first-order valence-corrected chi connectivity index (χ1v) is 13.7. The standard InChI is InChI=1S/C37H23N3/c1-3-12-24(13-4-1)37-36-28-18-11-20-30-35(28)33-26(16-9-19-29(33)39(30)25-14-5-2-6-15-25)27-17-10-21-31(34(27)36)40(37)32-22-7-8-23-38-32/h1-23H. The Bertz CT molecular complexity index is 2240. The Morgan fingerprint density at radius 2 is 1.00 bits per heavy atom. The maximum absolute atomic E-state index is 4.84. The van der Waals surface area contributed by atoms with Crippen molar-refractivity contribution < 1.29 is 0 Å². The van der Waals surface area contributed by atoms with E-state index in [-0.39, 0.29) is 0 Å². The molecule has 0 radical (unpaired) electrons. The number of hydrogen-bond donors (Lipinski definition) is 0. The van der Waals surface area contributed by atoms with Gasteiger partial charge in [-0.25, -0.2) is 4.98 Å². The molecule has 3 heterocycles. The van der Waals surface area contributed by atoms with Gasteiger partial charge in [0.25, 0.3) is 0 Å². The molecule has 0 fully saturated rings. The molecule has 0 bridgehead atoms. The van der Waals surface area contributed by atoms with Gasteiger partial charge in [-0.2, -0.15) is 0 Å². The third-order valence-electron chi connectivity index (χ3n) is 8.31. The molecular weight excluding hydrogens is 486 g/mol. The quantitative estimate of drug-likeness (QED) is 0.233. The van der Waals surface area contributed by atoms with Gasteiger partial charge >= 0.3 is 0 Å². The fraction of sp³-hybridized carbons (Fsp3) is 0. The van der Waals surface area contributed by atoms with Crippen molar-refractivity contribution in [3.05, 3.63) is 140 Å². The minimum atomic E-state index is 0.919. The smallest absolute Gasteiger partial charge is 0.137 e. The van der Waals surface area contributed by atoms with E-state index in [0.29, 0.717) is 0 Å². The van der Waals surface area contributed by atoms with Gasteiger partial charge in [0.15, 0.2) is 0 Å². The van der Waals surface area contributed by atoms with Crippen LogP contribution in [0.5, 0.6) is 0 Å². The zero-order valence-corrected chi connectivity index (χ0v) is 21.6. The molecule has 9 rings (SSSR count). The lowest BCUT2D eigenvalue weighted by atomic mass is 9.95. The van der Waals surface area contributed by atoms with Gasteiger partial charge < -0.3 is 4.57 Å². The summed E-state index contributed by atoms with van der Waals surface area (Å²) in [7, 11) is 0. The van der Waals surface area contributed by atoms with E-state index in [9.17, 15) is 0 Å². The van der Waals surface area contributed by atoms with Crippen molar-refractivity contribution in [1.29, 1.82) is 0 Å². The molecule has 3 nitrogen and oxygen atoms in total. The SMILES string of the molecule is c1ccc(-c2c3c4c(cccc4n2-c2ccccn2)-c2cccc4c2c2c-3cccc2n4-c2ccccc2)cc1. The monoisotopic (exact) mass is 509 g/mol. The second-order valence-corrected chi connectivity index (χ2v) is 10.4. The average molecular weight is 510 g/mol. The first kappa shape index (κ1) is 21.5. The summed E-state index contributed by atoms with van der Waals surface area (Å²) in [5.41, 5.74) is 12.2. The van der Waals surface area contributed by atoms with Crippen molar-refractivity contribution >= 4 is 32.7 Å². The van der Waals surface area contributed by atoms with Crippen LogP contribution in [0.4, 0.5) is 0 Å². The lowest BCUT2D eigenvalue weighted by molar-refractivity contribution is 1.05. The summed E-state index contributed by atoms with van der Waals surface area (Å²) in [6.07, 6.45) is 1.88. The van der Waals surface area contributed by atoms with Crippen molar-refractivity contribution in [3.63, 3.8) is 0 Å². The molecule has 0 amide bonds. The van der Waals surface area contributed by atoms with Gasteiger partial charge in [0.1, 0.15) is 5.82 Å². The number of fused-ring (bicyclic) bond motifs is 2. The molecule has 0 unspecified atom stereocenters. The van der Waals surface area contributed by atoms with E-state index < -0.39 is 0 Å². The fourth-order valence-electron chi connectivity index (χ4n) is 6.82. The minimum Gasteiger partial charge on any atom is -0.309 e. The van der Waals surface area contributed by atoms with E-state index in [1.54, 1.807) is 0 Å². The molecule has 0 atom stereocenters. The molecule has 1 aliphatic rings. The van der Waals surface area contributed by atoms with Crippen LogP contribution in [0.1, 0.15) is 0 Å². The summed E-state index contributed by atoms with van der Waals surface area (Å²) in [6.45, 7) is 0. The largest absolute Gasteiger partial charge is 0.309 e. The molecule has 8 aromatic rings. The summed E-state index contributed by atoms with van der Waals surface area (Å²) in [5.74, 6) is 0.919. The van der Waals surface area contributed by atoms with E-state index in [1.165, 1.54) is 71.9 Å². The Hall–Kier alpha value is -5.41. The van der Waals surface area contributed by atoms with Crippen molar-refractivity contribution in [2.75, 3.05) is 0 Å². The lowest BCUT2D eigenvalue weighted by Gasteiger charge is -2.13. The molecule has 0 aliphatic heterocycles. The topological polar surface area (TPSA) is 22.8 Å². The molecular formula is C37H23N3. The van der Waals surface area contributed by atoms with Gasteiger partial charge in [-0.15, -0.1) is 0 Å².